The number of nitrogens with zero attached hydrogens (tertiary/aromatic N) is 1. The minimum atomic E-state index is 0.0477. The highest BCUT2D eigenvalue weighted by molar-refractivity contribution is 5.42. The molecule has 0 saturated heterocycles. The Morgan fingerprint density at radius 2 is 2.05 bits per heavy atom. The van der Waals surface area contributed by atoms with Crippen molar-refractivity contribution in [3.05, 3.63) is 18.0 Å². The molecule has 1 saturated carbocycles. The smallest absolute Gasteiger partial charge is 0.183 e. The average Bonchev–Trinajstić information content (AvgIpc) is 2.96. The molecule has 1 heterocycles. The fraction of sp³-hybridized carbons (Fsp3) is 0.667. The second-order valence-electron chi connectivity index (χ2n) is 5.46. The highest BCUT2D eigenvalue weighted by Crippen LogP contribution is 2.37. The predicted molar refractivity (Wildman–Crippen MR) is 77.0 cm³/mol. The molecule has 0 spiro atoms. The van der Waals surface area contributed by atoms with E-state index in [1.54, 1.807) is 26.5 Å². The SMILES string of the molecule is COc1ccnc(CNCC2(CO)CCCC2)c1OC. The van der Waals surface area contributed by atoms with Crippen molar-refractivity contribution in [2.75, 3.05) is 27.4 Å². The monoisotopic (exact) mass is 280 g/mol. The first-order valence-electron chi connectivity index (χ1n) is 7.12. The van der Waals surface area contributed by atoms with E-state index in [4.69, 9.17) is 9.47 Å². The van der Waals surface area contributed by atoms with E-state index in [1.807, 2.05) is 0 Å². The first kappa shape index (κ1) is 15.1. The van der Waals surface area contributed by atoms with Gasteiger partial charge in [-0.15, -0.1) is 0 Å². The Kier molecular flexibility index (Phi) is 5.20. The van der Waals surface area contributed by atoms with Gasteiger partial charge in [0.2, 0.25) is 0 Å². The molecule has 1 aromatic heterocycles. The van der Waals surface area contributed by atoms with E-state index in [0.29, 0.717) is 18.0 Å². The molecule has 5 heteroatoms. The van der Waals surface area contributed by atoms with E-state index in [-0.39, 0.29) is 12.0 Å². The number of nitrogens with one attached hydrogen (secondary N) is 1. The number of hydrogen-bond acceptors (Lipinski definition) is 5. The van der Waals surface area contributed by atoms with E-state index in [2.05, 4.69) is 10.3 Å². The fourth-order valence-corrected chi connectivity index (χ4v) is 2.94. The van der Waals surface area contributed by atoms with Crippen LogP contribution in [0, 0.1) is 5.41 Å². The number of pyridine rings is 1. The van der Waals surface area contributed by atoms with E-state index >= 15 is 0 Å². The average molecular weight is 280 g/mol. The molecule has 112 valence electrons. The first-order valence-corrected chi connectivity index (χ1v) is 7.12. The van der Waals surface area contributed by atoms with Crippen LogP contribution in [0.3, 0.4) is 0 Å². The molecule has 2 N–H and O–H groups in total. The van der Waals surface area contributed by atoms with Gasteiger partial charge in [-0.3, -0.25) is 4.98 Å². The summed E-state index contributed by atoms with van der Waals surface area (Å²) in [5.74, 6) is 1.36. The predicted octanol–water partition coefficient (Wildman–Crippen LogP) is 1.74. The minimum Gasteiger partial charge on any atom is -0.493 e. The third kappa shape index (κ3) is 3.22. The Hall–Kier alpha value is -1.33. The lowest BCUT2D eigenvalue weighted by Crippen LogP contribution is -2.35. The van der Waals surface area contributed by atoms with Crippen molar-refractivity contribution < 1.29 is 14.6 Å². The molecule has 0 aliphatic heterocycles. The van der Waals surface area contributed by atoms with Crippen molar-refractivity contribution in [3.8, 4) is 11.5 Å². The third-order valence-electron chi connectivity index (χ3n) is 4.16. The lowest BCUT2D eigenvalue weighted by molar-refractivity contribution is 0.128. The van der Waals surface area contributed by atoms with Gasteiger partial charge in [0, 0.05) is 37.4 Å². The maximum Gasteiger partial charge on any atom is 0.183 e. The van der Waals surface area contributed by atoms with Crippen LogP contribution in [0.5, 0.6) is 11.5 Å². The summed E-state index contributed by atoms with van der Waals surface area (Å²) in [6, 6.07) is 1.79. The number of aliphatic hydroxyl groups is 1. The fourth-order valence-electron chi connectivity index (χ4n) is 2.94. The number of rotatable bonds is 7. The molecule has 0 aromatic carbocycles. The van der Waals surface area contributed by atoms with E-state index in [1.165, 1.54) is 12.8 Å². The zero-order valence-corrected chi connectivity index (χ0v) is 12.3. The molecule has 1 fully saturated rings. The van der Waals surface area contributed by atoms with Gasteiger partial charge in [0.15, 0.2) is 11.5 Å². The molecule has 20 heavy (non-hydrogen) atoms. The molecular formula is C15H24N2O3. The summed E-state index contributed by atoms with van der Waals surface area (Å²) in [6.07, 6.45) is 6.33. The summed E-state index contributed by atoms with van der Waals surface area (Å²) in [4.78, 5) is 4.34. The molecule has 0 radical (unpaired) electrons. The van der Waals surface area contributed by atoms with Gasteiger partial charge in [-0.1, -0.05) is 12.8 Å². The Balaban J connectivity index is 1.97. The number of ether oxygens (including phenoxy) is 2. The van der Waals surface area contributed by atoms with E-state index in [9.17, 15) is 5.11 Å². The number of aromatic nitrogens is 1. The molecule has 1 aliphatic carbocycles. The minimum absolute atomic E-state index is 0.0477. The number of hydrogen-bond donors (Lipinski definition) is 2. The van der Waals surface area contributed by atoms with Gasteiger partial charge in [-0.05, 0) is 12.8 Å². The van der Waals surface area contributed by atoms with Gasteiger partial charge in [-0.25, -0.2) is 0 Å². The maximum atomic E-state index is 9.60. The quantitative estimate of drug-likeness (QED) is 0.796. The molecule has 0 bridgehead atoms. The lowest BCUT2D eigenvalue weighted by Gasteiger charge is -2.26. The molecular weight excluding hydrogens is 256 g/mol. The second-order valence-corrected chi connectivity index (χ2v) is 5.46. The Bertz CT molecular complexity index is 431. The molecule has 0 unspecified atom stereocenters. The van der Waals surface area contributed by atoms with Gasteiger partial charge >= 0.3 is 0 Å². The van der Waals surface area contributed by atoms with Crippen molar-refractivity contribution in [1.82, 2.24) is 10.3 Å². The Labute approximate surface area is 120 Å². The molecule has 0 amide bonds. The van der Waals surface area contributed by atoms with Crippen molar-refractivity contribution in [2.45, 2.75) is 32.2 Å². The summed E-state index contributed by atoms with van der Waals surface area (Å²) in [5, 5.41) is 13.0. The van der Waals surface area contributed by atoms with Crippen molar-refractivity contribution in [1.29, 1.82) is 0 Å². The van der Waals surface area contributed by atoms with Crippen LogP contribution in [-0.4, -0.2) is 37.5 Å². The highest BCUT2D eigenvalue weighted by atomic mass is 16.5. The molecule has 0 atom stereocenters. The Morgan fingerprint density at radius 1 is 1.30 bits per heavy atom. The topological polar surface area (TPSA) is 63.6 Å². The first-order chi connectivity index (χ1) is 9.74. The van der Waals surface area contributed by atoms with Crippen molar-refractivity contribution in [2.24, 2.45) is 5.41 Å². The Morgan fingerprint density at radius 3 is 2.65 bits per heavy atom. The van der Waals surface area contributed by atoms with Crippen LogP contribution in [0.4, 0.5) is 0 Å². The van der Waals surface area contributed by atoms with Crippen LogP contribution in [0.1, 0.15) is 31.4 Å². The molecule has 2 rings (SSSR count). The van der Waals surface area contributed by atoms with Crippen molar-refractivity contribution >= 4 is 0 Å². The number of methoxy groups -OCH3 is 2. The maximum absolute atomic E-state index is 9.60. The lowest BCUT2D eigenvalue weighted by atomic mass is 9.87. The summed E-state index contributed by atoms with van der Waals surface area (Å²) in [7, 11) is 3.24. The molecule has 1 aromatic rings. The zero-order chi connectivity index (χ0) is 14.4. The van der Waals surface area contributed by atoms with Gasteiger partial charge in [-0.2, -0.15) is 0 Å². The normalized spacial score (nSPS) is 17.1. The zero-order valence-electron chi connectivity index (χ0n) is 12.3. The van der Waals surface area contributed by atoms with Gasteiger partial charge in [0.1, 0.15) is 0 Å². The van der Waals surface area contributed by atoms with E-state index < -0.39 is 0 Å². The van der Waals surface area contributed by atoms with Crippen LogP contribution in [0.2, 0.25) is 0 Å². The van der Waals surface area contributed by atoms with Gasteiger partial charge in [0.25, 0.3) is 0 Å². The summed E-state index contributed by atoms with van der Waals surface area (Å²) in [5.41, 5.74) is 0.879. The molecule has 5 nitrogen and oxygen atoms in total. The van der Waals surface area contributed by atoms with Crippen LogP contribution in [0.25, 0.3) is 0 Å². The second kappa shape index (κ2) is 6.90. The van der Waals surface area contributed by atoms with Crippen molar-refractivity contribution in [3.63, 3.8) is 0 Å². The van der Waals surface area contributed by atoms with Crippen LogP contribution in [0.15, 0.2) is 12.3 Å². The number of aliphatic hydroxyl groups excluding tert-OH is 1. The largest absolute Gasteiger partial charge is 0.493 e. The van der Waals surface area contributed by atoms with Crippen LogP contribution >= 0.6 is 0 Å². The van der Waals surface area contributed by atoms with E-state index in [0.717, 1.165) is 25.1 Å². The van der Waals surface area contributed by atoms with Crippen LogP contribution in [-0.2, 0) is 6.54 Å². The van der Waals surface area contributed by atoms with Crippen LogP contribution < -0.4 is 14.8 Å². The highest BCUT2D eigenvalue weighted by Gasteiger charge is 2.32. The van der Waals surface area contributed by atoms with Gasteiger partial charge < -0.3 is 19.9 Å². The van der Waals surface area contributed by atoms with Gasteiger partial charge in [0.05, 0.1) is 19.9 Å². The summed E-state index contributed by atoms with van der Waals surface area (Å²) < 4.78 is 10.6. The third-order valence-corrected chi connectivity index (χ3v) is 4.16. The summed E-state index contributed by atoms with van der Waals surface area (Å²) >= 11 is 0. The summed E-state index contributed by atoms with van der Waals surface area (Å²) in [6.45, 7) is 1.68. The standard InChI is InChI=1S/C15H24N2O3/c1-19-13-5-8-17-12(14(13)20-2)9-16-10-15(11-18)6-3-4-7-15/h5,8,16,18H,3-4,6-7,9-11H2,1-2H3. The molecule has 1 aliphatic rings.